The van der Waals surface area contributed by atoms with Crippen LogP contribution < -0.4 is 0 Å². The lowest BCUT2D eigenvalue weighted by Gasteiger charge is -2.19. The molecule has 4 rings (SSSR count). The summed E-state index contributed by atoms with van der Waals surface area (Å²) in [5, 5.41) is 0. The first-order chi connectivity index (χ1) is 9.92. The van der Waals surface area contributed by atoms with E-state index < -0.39 is 0 Å². The lowest BCUT2D eigenvalue weighted by molar-refractivity contribution is 0.461. The summed E-state index contributed by atoms with van der Waals surface area (Å²) >= 11 is 0. The predicted molar refractivity (Wildman–Crippen MR) is 85.5 cm³/mol. The van der Waals surface area contributed by atoms with Crippen LogP contribution in [0.25, 0.3) is 0 Å². The fourth-order valence-electron chi connectivity index (χ4n) is 4.86. The lowest BCUT2D eigenvalue weighted by Crippen LogP contribution is -2.05. The summed E-state index contributed by atoms with van der Waals surface area (Å²) in [6.07, 6.45) is 23.5. The van der Waals surface area contributed by atoms with Crippen molar-refractivity contribution in [2.24, 2.45) is 11.8 Å². The zero-order chi connectivity index (χ0) is 13.4. The van der Waals surface area contributed by atoms with Crippen LogP contribution in [0, 0.1) is 11.8 Å². The summed E-state index contributed by atoms with van der Waals surface area (Å²) in [5.41, 5.74) is 7.06. The van der Waals surface area contributed by atoms with Gasteiger partial charge in [0.15, 0.2) is 0 Å². The summed E-state index contributed by atoms with van der Waals surface area (Å²) < 4.78 is 0. The molecule has 0 spiro atoms. The van der Waals surface area contributed by atoms with Crippen molar-refractivity contribution in [3.05, 3.63) is 46.6 Å². The third-order valence-electron chi connectivity index (χ3n) is 5.97. The van der Waals surface area contributed by atoms with E-state index in [4.69, 9.17) is 0 Å². The molecule has 106 valence electrons. The molecule has 2 atom stereocenters. The van der Waals surface area contributed by atoms with Crippen molar-refractivity contribution in [3.8, 4) is 0 Å². The molecule has 0 fully saturated rings. The molecule has 0 saturated heterocycles. The van der Waals surface area contributed by atoms with Gasteiger partial charge < -0.3 is 0 Å². The van der Waals surface area contributed by atoms with Crippen LogP contribution in [0.5, 0.6) is 0 Å². The minimum Gasteiger partial charge on any atom is -0.0839 e. The van der Waals surface area contributed by atoms with Gasteiger partial charge in [-0.15, -0.1) is 0 Å². The van der Waals surface area contributed by atoms with Crippen molar-refractivity contribution in [3.63, 3.8) is 0 Å². The Morgan fingerprint density at radius 1 is 0.700 bits per heavy atom. The van der Waals surface area contributed by atoms with Gasteiger partial charge in [0.25, 0.3) is 0 Å². The maximum absolute atomic E-state index is 2.45. The molecule has 0 amide bonds. The predicted octanol–water partition coefficient (Wildman–Crippen LogP) is 5.88. The maximum atomic E-state index is 2.45. The Morgan fingerprint density at radius 2 is 1.20 bits per heavy atom. The molecule has 0 aromatic rings. The fourth-order valence-corrected chi connectivity index (χ4v) is 4.86. The smallest absolute Gasteiger partial charge is 0.0159 e. The maximum Gasteiger partial charge on any atom is -0.0159 e. The van der Waals surface area contributed by atoms with Gasteiger partial charge in [0, 0.05) is 0 Å². The van der Waals surface area contributed by atoms with E-state index >= 15 is 0 Å². The van der Waals surface area contributed by atoms with Crippen LogP contribution in [0.15, 0.2) is 46.6 Å². The topological polar surface area (TPSA) is 0 Å². The molecule has 0 aromatic heterocycles. The third-order valence-corrected chi connectivity index (χ3v) is 5.97. The highest BCUT2D eigenvalue weighted by Crippen LogP contribution is 2.44. The monoisotopic (exact) mass is 266 g/mol. The van der Waals surface area contributed by atoms with Crippen molar-refractivity contribution < 1.29 is 0 Å². The molecule has 4 aliphatic carbocycles. The van der Waals surface area contributed by atoms with Gasteiger partial charge in [-0.3, -0.25) is 0 Å². The first kappa shape index (κ1) is 12.7. The highest BCUT2D eigenvalue weighted by Gasteiger charge is 2.28. The Hall–Kier alpha value is -1.04. The molecular formula is C20H26. The molecule has 0 radical (unpaired) electrons. The van der Waals surface area contributed by atoms with Crippen LogP contribution >= 0.6 is 0 Å². The Bertz CT molecular complexity index is 464. The summed E-state index contributed by atoms with van der Waals surface area (Å²) in [7, 11) is 0. The normalized spacial score (nSPS) is 32.0. The molecule has 0 heterocycles. The fraction of sp³-hybridized carbons (Fsp3) is 0.600. The van der Waals surface area contributed by atoms with Gasteiger partial charge in [0.05, 0.1) is 0 Å². The van der Waals surface area contributed by atoms with Crippen molar-refractivity contribution in [2.45, 2.75) is 64.2 Å². The minimum absolute atomic E-state index is 0.888. The highest BCUT2D eigenvalue weighted by molar-refractivity contribution is 5.37. The largest absolute Gasteiger partial charge is 0.0839 e. The molecule has 2 unspecified atom stereocenters. The van der Waals surface area contributed by atoms with Crippen LogP contribution in [0.3, 0.4) is 0 Å². The lowest BCUT2D eigenvalue weighted by atomic mass is 9.86. The van der Waals surface area contributed by atoms with Crippen molar-refractivity contribution in [1.82, 2.24) is 0 Å². The van der Waals surface area contributed by atoms with E-state index in [1.807, 2.05) is 0 Å². The summed E-state index contributed by atoms with van der Waals surface area (Å²) in [6, 6.07) is 0. The van der Waals surface area contributed by atoms with Crippen LogP contribution in [-0.2, 0) is 0 Å². The molecule has 0 aliphatic heterocycles. The average molecular weight is 266 g/mol. The van der Waals surface area contributed by atoms with E-state index in [0.717, 1.165) is 11.8 Å². The molecule has 20 heavy (non-hydrogen) atoms. The van der Waals surface area contributed by atoms with Crippen molar-refractivity contribution in [1.29, 1.82) is 0 Å². The van der Waals surface area contributed by atoms with Crippen LogP contribution in [0.2, 0.25) is 0 Å². The molecule has 4 aliphatic rings. The molecule has 0 aromatic carbocycles. The molecule has 0 N–H and O–H groups in total. The first-order valence-corrected chi connectivity index (χ1v) is 8.69. The van der Waals surface area contributed by atoms with E-state index in [1.165, 1.54) is 64.2 Å². The van der Waals surface area contributed by atoms with Gasteiger partial charge in [-0.05, 0) is 87.2 Å². The van der Waals surface area contributed by atoms with Gasteiger partial charge in [0.1, 0.15) is 0 Å². The molecule has 0 heteroatoms. The van der Waals surface area contributed by atoms with Crippen molar-refractivity contribution in [2.75, 3.05) is 0 Å². The van der Waals surface area contributed by atoms with Gasteiger partial charge in [-0.2, -0.15) is 0 Å². The number of rotatable bonds is 3. The number of hydrogen-bond donors (Lipinski definition) is 0. The third kappa shape index (κ3) is 2.24. The highest BCUT2D eigenvalue weighted by atomic mass is 14.3. The van der Waals surface area contributed by atoms with Crippen LogP contribution in [0.1, 0.15) is 64.2 Å². The summed E-state index contributed by atoms with van der Waals surface area (Å²) in [6.45, 7) is 0. The van der Waals surface area contributed by atoms with E-state index in [0.29, 0.717) is 0 Å². The minimum atomic E-state index is 0.888. The van der Waals surface area contributed by atoms with Gasteiger partial charge in [-0.1, -0.05) is 35.5 Å². The Labute approximate surface area is 123 Å². The Balaban J connectivity index is 1.40. The Kier molecular flexibility index (Phi) is 3.42. The first-order valence-electron chi connectivity index (χ1n) is 8.69. The molecule has 0 saturated carbocycles. The van der Waals surface area contributed by atoms with Crippen LogP contribution in [0.4, 0.5) is 0 Å². The standard InChI is InChI=1S/C20H26/c1-3-7-19-15(5-1)9-11-17(19)13-14-18-12-10-16-6-2-4-8-20(16)18/h3-4,7-8,17-18H,1-2,5-6,9-14H2. The second-order valence-corrected chi connectivity index (χ2v) is 7.05. The van der Waals surface area contributed by atoms with Gasteiger partial charge >= 0.3 is 0 Å². The quantitative estimate of drug-likeness (QED) is 0.598. The zero-order valence-electron chi connectivity index (χ0n) is 12.5. The van der Waals surface area contributed by atoms with Crippen molar-refractivity contribution >= 4 is 0 Å². The second kappa shape index (κ2) is 5.39. The van der Waals surface area contributed by atoms with E-state index in [9.17, 15) is 0 Å². The molecular weight excluding hydrogens is 240 g/mol. The van der Waals surface area contributed by atoms with E-state index in [1.54, 1.807) is 22.3 Å². The summed E-state index contributed by atoms with van der Waals surface area (Å²) in [5.74, 6) is 1.78. The second-order valence-electron chi connectivity index (χ2n) is 7.05. The number of allylic oxidation sites excluding steroid dienone is 8. The molecule has 0 nitrogen and oxygen atoms in total. The molecule has 0 bridgehead atoms. The van der Waals surface area contributed by atoms with Gasteiger partial charge in [-0.25, -0.2) is 0 Å². The van der Waals surface area contributed by atoms with E-state index in [-0.39, 0.29) is 0 Å². The van der Waals surface area contributed by atoms with E-state index in [2.05, 4.69) is 24.3 Å². The SMILES string of the molecule is C1=CC2=C(CC1)CCC2CCC1CCC2=C1C=CCC2. The summed E-state index contributed by atoms with van der Waals surface area (Å²) in [4.78, 5) is 0. The van der Waals surface area contributed by atoms with Gasteiger partial charge in [0.2, 0.25) is 0 Å². The Morgan fingerprint density at radius 3 is 1.70 bits per heavy atom. The number of hydrogen-bond acceptors (Lipinski definition) is 0. The average Bonchev–Trinajstić information content (AvgIpc) is 3.09. The van der Waals surface area contributed by atoms with Crippen LogP contribution in [-0.4, -0.2) is 0 Å². The zero-order valence-corrected chi connectivity index (χ0v) is 12.5.